The summed E-state index contributed by atoms with van der Waals surface area (Å²) in [5, 5.41) is 0. The molecule has 8 fully saturated rings. The Morgan fingerprint density at radius 2 is 0.417 bits per heavy atom. The van der Waals surface area contributed by atoms with Gasteiger partial charge in [-0.05, 0) is 300 Å². The van der Waals surface area contributed by atoms with E-state index in [0.717, 1.165) is 101 Å². The Labute approximate surface area is 921 Å². The third kappa shape index (κ3) is 52.1. The van der Waals surface area contributed by atoms with E-state index in [4.69, 9.17) is 0 Å². The Morgan fingerprint density at radius 1 is 0.215 bits per heavy atom. The molecule has 16 rings (SSSR count). The number of hydrogen-bond acceptors (Lipinski definition) is 0. The van der Waals surface area contributed by atoms with Crippen LogP contribution in [0, 0.1) is 95.7 Å². The minimum absolute atomic E-state index is 0.383. The third-order valence-electron chi connectivity index (χ3n) is 29.7. The molecule has 0 heteroatoms. The molecule has 6 aromatic carbocycles. The molecule has 10 aliphatic carbocycles. The minimum Gasteiger partial charge on any atom is -0.0683 e. The van der Waals surface area contributed by atoms with Crippen molar-refractivity contribution in [1.82, 2.24) is 0 Å². The van der Waals surface area contributed by atoms with E-state index < -0.39 is 0 Å². The number of aryl methyl sites for hydroxylation is 4. The lowest BCUT2D eigenvalue weighted by Gasteiger charge is -2.49. The summed E-state index contributed by atoms with van der Waals surface area (Å²) in [6.45, 7) is 142. The lowest BCUT2D eigenvalue weighted by Crippen LogP contribution is -2.41. The van der Waals surface area contributed by atoms with Crippen molar-refractivity contribution >= 4 is 0 Å². The largest absolute Gasteiger partial charge is 0.0683 e. The van der Waals surface area contributed by atoms with Crippen molar-refractivity contribution in [2.75, 3.05) is 0 Å². The minimum atomic E-state index is 0.383. The van der Waals surface area contributed by atoms with E-state index in [-0.39, 0.29) is 0 Å². The van der Waals surface area contributed by atoms with Gasteiger partial charge in [0.15, 0.2) is 0 Å². The molecule has 0 heterocycles. The van der Waals surface area contributed by atoms with Gasteiger partial charge in [0.1, 0.15) is 0 Å². The fourth-order valence-corrected chi connectivity index (χ4v) is 24.3. The van der Waals surface area contributed by atoms with Gasteiger partial charge in [-0.25, -0.2) is 0 Å². The van der Waals surface area contributed by atoms with E-state index in [1.54, 1.807) is 55.6 Å². The first-order valence-corrected chi connectivity index (χ1v) is 64.9. The summed E-state index contributed by atoms with van der Waals surface area (Å²) in [5.41, 5.74) is 21.2. The highest BCUT2D eigenvalue weighted by Gasteiger charge is 2.60. The Balaban J connectivity index is -0.0000000930. The van der Waals surface area contributed by atoms with Crippen LogP contribution in [0.15, 0.2) is 146 Å². The van der Waals surface area contributed by atoms with Gasteiger partial charge >= 0.3 is 0 Å². The SMILES string of the molecule is CC.CC.CC.CC.CC.CC.CC.CC.CC.CC.CC.CC.CC.CC.CC.CC.CC.CC.CC.CC.CC.CC.CC.CC.CC.CC.CC.CC.CCc1ccccc1C1C[C@H]2CC3CCCC3[C@]2(C)[C@@H](C)C1.CCc1ccccc1C1C[C@H]2Cc3ccccc3[C@]2(C)[C@@H](C)C1.Cc1ccccc1C1C[C@H]2CC3CCCC3[C@]2(C)[C@@H](C)C1.Cc1ccccc1C1C[C@H]2Cc3ccccc3[C@]2(C)[C@@H](C)C1. The zero-order chi connectivity index (χ0) is 117. The van der Waals surface area contributed by atoms with Gasteiger partial charge in [-0.1, -0.05) is 628 Å². The molecule has 20 atom stereocenters. The van der Waals surface area contributed by atoms with Crippen molar-refractivity contribution in [1.29, 1.82) is 0 Å². The highest BCUT2D eigenvalue weighted by Crippen LogP contribution is 2.69. The lowest BCUT2D eigenvalue weighted by atomic mass is 9.56. The molecule has 0 spiro atoms. The third-order valence-corrected chi connectivity index (χ3v) is 29.7. The maximum absolute atomic E-state index is 2.67. The Morgan fingerprint density at radius 3 is 0.660 bits per heavy atom. The van der Waals surface area contributed by atoms with E-state index in [0.29, 0.717) is 21.7 Å². The van der Waals surface area contributed by atoms with Crippen molar-refractivity contribution in [2.45, 2.75) is 634 Å². The topological polar surface area (TPSA) is 0 Å². The molecular weight excluding hydrogens is 1730 g/mol. The molecule has 8 saturated carbocycles. The number of fused-ring (bicyclic) bond motifs is 12. The Bertz CT molecular complexity index is 3370. The smallest absolute Gasteiger partial charge is 0.00151 e. The predicted octanol–water partition coefficient (Wildman–Crippen LogP) is 52.4. The molecule has 860 valence electrons. The molecule has 0 amide bonds. The van der Waals surface area contributed by atoms with Crippen LogP contribution in [0.25, 0.3) is 0 Å². The maximum Gasteiger partial charge on any atom is -0.00151 e. The first-order valence-electron chi connectivity index (χ1n) is 64.9. The second-order valence-electron chi connectivity index (χ2n) is 33.0. The second kappa shape index (κ2) is 120. The van der Waals surface area contributed by atoms with E-state index in [1.165, 1.54) is 133 Å². The van der Waals surface area contributed by atoms with Crippen LogP contribution in [-0.4, -0.2) is 0 Å². The van der Waals surface area contributed by atoms with Gasteiger partial charge in [-0.15, -0.1) is 0 Å². The number of rotatable bonds is 6. The molecule has 0 radical (unpaired) electrons. The van der Waals surface area contributed by atoms with E-state index in [1.807, 2.05) is 388 Å². The summed E-state index contributed by atoms with van der Waals surface area (Å²) in [6, 6.07) is 54.9. The molecule has 8 unspecified atom stereocenters. The standard InChI is InChI=1S/C23H28.C22H26.C22H32.C21H30.28C2H6/c1-4-17-9-5-7-11-21(17)19-13-16(2)23(3)20(15-19)14-18-10-6-8-12-22(18)23;1-15-8-4-6-10-20(15)18-12-16(2)22(3)19(14-18)13-17-9-5-7-11-21(17)22;1-4-16-8-5-6-10-20(16)18-12-15(2)22(3)19(14-18)13-17-9-7-11-21(17)22;1-14-7-4-5-9-19(14)17-11-15(2)21(3)18(13-17)12-16-8-6-10-20(16)21;28*1-2/h5-12,16,19-20H,4,13-15H2,1-3H3;4-11,16,18-19H,12-14H2,1-3H3;5-6,8,10,15,17-19,21H,4,7,9,11-14H2,1-3H3;4-5,7,9,15-18,20H,6,8,10-13H2,1-3H3;28*1-2H3/t16-,19?,20+,23+;16-,18?,19+,22+;15-,17?,18?,19+,21?,22+;15-,16?,17?,18+,20?,21+;;;;;;;;;;;;;;;;;;;;;;;;;;;;/m0000............................/s1. The quantitative estimate of drug-likeness (QED) is 0.156. The van der Waals surface area contributed by atoms with Gasteiger partial charge in [-0.2, -0.15) is 0 Å². The Kier molecular flexibility index (Phi) is 146. The summed E-state index contributed by atoms with van der Waals surface area (Å²) in [6.07, 6.45) is 28.2. The van der Waals surface area contributed by atoms with Crippen LogP contribution in [0.1, 0.15) is 650 Å². The van der Waals surface area contributed by atoms with Crippen LogP contribution in [0.5, 0.6) is 0 Å². The summed E-state index contributed by atoms with van der Waals surface area (Å²) in [7, 11) is 0. The average molecular weight is 2020 g/mol. The highest BCUT2D eigenvalue weighted by molar-refractivity contribution is 5.45. The van der Waals surface area contributed by atoms with E-state index in [2.05, 4.69) is 229 Å². The number of benzene rings is 6. The van der Waals surface area contributed by atoms with Gasteiger partial charge < -0.3 is 0 Å². The fraction of sp³-hybridized carbons (Fsp3) is 0.750. The molecule has 0 saturated heterocycles. The van der Waals surface area contributed by atoms with Gasteiger partial charge in [0.2, 0.25) is 0 Å². The Hall–Kier alpha value is -4.68. The molecule has 0 aromatic heterocycles. The normalized spacial score (nSPS) is 24.8. The fourth-order valence-electron chi connectivity index (χ4n) is 24.3. The van der Waals surface area contributed by atoms with Crippen LogP contribution < -0.4 is 0 Å². The molecule has 144 heavy (non-hydrogen) atoms. The monoisotopic (exact) mass is 2010 g/mol. The van der Waals surface area contributed by atoms with Crippen LogP contribution in [0.4, 0.5) is 0 Å². The van der Waals surface area contributed by atoms with Gasteiger partial charge in [0.25, 0.3) is 0 Å². The first-order chi connectivity index (χ1) is 70.5. The molecule has 6 aromatic rings. The summed E-state index contributed by atoms with van der Waals surface area (Å²) < 4.78 is 0. The van der Waals surface area contributed by atoms with Crippen molar-refractivity contribution in [3.05, 3.63) is 212 Å². The predicted molar refractivity (Wildman–Crippen MR) is 692 cm³/mol. The van der Waals surface area contributed by atoms with E-state index >= 15 is 0 Å². The summed E-state index contributed by atoms with van der Waals surface area (Å²) in [4.78, 5) is 0. The second-order valence-corrected chi connectivity index (χ2v) is 33.0. The van der Waals surface area contributed by atoms with Gasteiger partial charge in [-0.3, -0.25) is 0 Å². The zero-order valence-corrected chi connectivity index (χ0v) is 113. The van der Waals surface area contributed by atoms with Crippen molar-refractivity contribution < 1.29 is 0 Å². The van der Waals surface area contributed by atoms with Crippen molar-refractivity contribution in [3.8, 4) is 0 Å². The molecule has 0 aliphatic heterocycles. The molecule has 0 nitrogen and oxygen atoms in total. The van der Waals surface area contributed by atoms with Crippen LogP contribution in [0.3, 0.4) is 0 Å². The molecule has 10 aliphatic rings. The van der Waals surface area contributed by atoms with E-state index in [9.17, 15) is 0 Å². The molecule has 0 bridgehead atoms. The summed E-state index contributed by atoms with van der Waals surface area (Å²) in [5.74, 6) is 14.2. The lowest BCUT2D eigenvalue weighted by molar-refractivity contribution is 0.0230. The maximum atomic E-state index is 2.67. The zero-order valence-electron chi connectivity index (χ0n) is 113. The molecular formula is C144H284. The first kappa shape index (κ1) is 175. The highest BCUT2D eigenvalue weighted by atomic mass is 14.6. The van der Waals surface area contributed by atoms with Gasteiger partial charge in [0, 0.05) is 0 Å². The van der Waals surface area contributed by atoms with Crippen molar-refractivity contribution in [3.63, 3.8) is 0 Å². The van der Waals surface area contributed by atoms with Gasteiger partial charge in [0.05, 0.1) is 0 Å². The average Bonchev–Trinajstić information content (AvgIpc) is 1.59. The van der Waals surface area contributed by atoms with Crippen LogP contribution in [0.2, 0.25) is 0 Å². The van der Waals surface area contributed by atoms with Crippen LogP contribution in [-0.2, 0) is 36.5 Å². The number of hydrogen-bond donors (Lipinski definition) is 0. The van der Waals surface area contributed by atoms with Crippen molar-refractivity contribution in [2.24, 2.45) is 81.8 Å². The van der Waals surface area contributed by atoms with Crippen LogP contribution >= 0.6 is 0 Å². The summed E-state index contributed by atoms with van der Waals surface area (Å²) >= 11 is 0. The molecule has 0 N–H and O–H groups in total.